The Morgan fingerprint density at radius 3 is 2.94 bits per heavy atom. The molecule has 102 valence electrons. The molecule has 0 saturated carbocycles. The van der Waals surface area contributed by atoms with E-state index in [4.69, 9.17) is 0 Å². The molecule has 18 heavy (non-hydrogen) atoms. The van der Waals surface area contributed by atoms with Crippen molar-refractivity contribution in [3.63, 3.8) is 0 Å². The number of hydrogen-bond donors (Lipinski definition) is 2. The summed E-state index contributed by atoms with van der Waals surface area (Å²) in [4.78, 5) is 15.6. The molecule has 1 rings (SSSR count). The number of hydrogen-bond acceptors (Lipinski definition) is 3. The Balaban J connectivity index is 2.19. The van der Waals surface area contributed by atoms with Gasteiger partial charge < -0.3 is 15.2 Å². The van der Waals surface area contributed by atoms with Crippen LogP contribution in [0.1, 0.15) is 32.9 Å². The molecule has 0 aliphatic carbocycles. The number of carbonyl (C=O) groups excluding carboxylic acids is 1. The van der Waals surface area contributed by atoms with Gasteiger partial charge in [-0.05, 0) is 13.0 Å². The molecule has 0 bridgehead atoms. The Kier molecular flexibility index (Phi) is 6.43. The van der Waals surface area contributed by atoms with Crippen molar-refractivity contribution >= 4 is 5.91 Å². The molecule has 0 saturated heterocycles. The van der Waals surface area contributed by atoms with E-state index < -0.39 is 0 Å². The van der Waals surface area contributed by atoms with Gasteiger partial charge in [-0.1, -0.05) is 20.8 Å². The summed E-state index contributed by atoms with van der Waals surface area (Å²) < 4.78 is 2.06. The molecule has 2 N–H and O–H groups in total. The fraction of sp³-hybridized carbons (Fsp3) is 0.692. The van der Waals surface area contributed by atoms with Gasteiger partial charge in [0.1, 0.15) is 0 Å². The lowest BCUT2D eigenvalue weighted by Crippen LogP contribution is -2.29. The summed E-state index contributed by atoms with van der Waals surface area (Å²) in [7, 11) is 0. The first-order valence-electron chi connectivity index (χ1n) is 6.62. The molecule has 0 aliphatic heterocycles. The van der Waals surface area contributed by atoms with Crippen LogP contribution in [0.5, 0.6) is 0 Å². The monoisotopic (exact) mass is 252 g/mol. The third-order valence-electron chi connectivity index (χ3n) is 2.66. The fourth-order valence-electron chi connectivity index (χ4n) is 1.55. The predicted molar refractivity (Wildman–Crippen MR) is 72.1 cm³/mol. The summed E-state index contributed by atoms with van der Waals surface area (Å²) in [5, 5.41) is 6.15. The highest BCUT2D eigenvalue weighted by Crippen LogP contribution is 1.97. The van der Waals surface area contributed by atoms with Crippen LogP contribution in [0.25, 0.3) is 0 Å². The minimum absolute atomic E-state index is 0.0602. The third kappa shape index (κ3) is 5.31. The molecule has 5 nitrogen and oxygen atoms in total. The van der Waals surface area contributed by atoms with Crippen molar-refractivity contribution < 1.29 is 4.79 Å². The van der Waals surface area contributed by atoms with Gasteiger partial charge in [0, 0.05) is 31.7 Å². The summed E-state index contributed by atoms with van der Waals surface area (Å²) in [6.07, 6.45) is 4.82. The quantitative estimate of drug-likeness (QED) is 0.682. The maximum absolute atomic E-state index is 11.3. The van der Waals surface area contributed by atoms with Crippen LogP contribution in [-0.2, 0) is 17.9 Å². The van der Waals surface area contributed by atoms with Gasteiger partial charge in [0.25, 0.3) is 0 Å². The number of rotatable bonds is 8. The molecule has 0 aliphatic rings. The van der Waals surface area contributed by atoms with Crippen molar-refractivity contribution in [3.8, 4) is 0 Å². The summed E-state index contributed by atoms with van der Waals surface area (Å²) >= 11 is 0. The van der Waals surface area contributed by atoms with Crippen LogP contribution in [0.3, 0.4) is 0 Å². The number of aryl methyl sites for hydroxylation is 1. The molecular formula is C13H24N4O. The van der Waals surface area contributed by atoms with Crippen LogP contribution >= 0.6 is 0 Å². The van der Waals surface area contributed by atoms with E-state index in [1.54, 1.807) is 0 Å². The number of amides is 1. The second-order valence-electron chi connectivity index (χ2n) is 4.68. The van der Waals surface area contributed by atoms with E-state index in [-0.39, 0.29) is 11.8 Å². The second-order valence-corrected chi connectivity index (χ2v) is 4.68. The summed E-state index contributed by atoms with van der Waals surface area (Å²) in [6, 6.07) is 0. The molecule has 0 radical (unpaired) electrons. The molecule has 0 spiro atoms. The highest BCUT2D eigenvalue weighted by atomic mass is 16.1. The Hall–Kier alpha value is -1.36. The number of imidazole rings is 1. The summed E-state index contributed by atoms with van der Waals surface area (Å²) in [6.45, 7) is 9.25. The van der Waals surface area contributed by atoms with Gasteiger partial charge in [0.2, 0.25) is 5.91 Å². The Bertz CT molecular complexity index is 360. The number of nitrogens with one attached hydrogen (secondary N) is 2. The Morgan fingerprint density at radius 1 is 1.50 bits per heavy atom. The molecule has 1 amide bonds. The molecule has 0 fully saturated rings. The first kappa shape index (κ1) is 14.7. The normalized spacial score (nSPS) is 10.9. The number of nitrogens with zero attached hydrogens (tertiary/aromatic N) is 2. The third-order valence-corrected chi connectivity index (χ3v) is 2.66. The van der Waals surface area contributed by atoms with Crippen LogP contribution < -0.4 is 10.6 Å². The smallest absolute Gasteiger partial charge is 0.222 e. The lowest BCUT2D eigenvalue weighted by atomic mass is 10.2. The SMILES string of the molecule is CCNCc1cn(CCCNC(=O)C(C)C)cn1. The molecule has 1 aromatic heterocycles. The molecule has 5 heteroatoms. The Labute approximate surface area is 109 Å². The number of aromatic nitrogens is 2. The van der Waals surface area contributed by atoms with Gasteiger partial charge in [-0.3, -0.25) is 4.79 Å². The van der Waals surface area contributed by atoms with Crippen LogP contribution in [0, 0.1) is 5.92 Å². The lowest BCUT2D eigenvalue weighted by Gasteiger charge is -2.07. The lowest BCUT2D eigenvalue weighted by molar-refractivity contribution is -0.123. The van der Waals surface area contributed by atoms with E-state index in [2.05, 4.69) is 27.1 Å². The van der Waals surface area contributed by atoms with E-state index >= 15 is 0 Å². The number of carbonyl (C=O) groups is 1. The first-order valence-corrected chi connectivity index (χ1v) is 6.62. The summed E-state index contributed by atoms with van der Waals surface area (Å²) in [5.74, 6) is 0.179. The molecule has 1 aromatic rings. The average molecular weight is 252 g/mol. The van der Waals surface area contributed by atoms with Crippen LogP contribution in [0.2, 0.25) is 0 Å². The topological polar surface area (TPSA) is 59.0 Å². The maximum Gasteiger partial charge on any atom is 0.222 e. The second kappa shape index (κ2) is 7.87. The van der Waals surface area contributed by atoms with E-state index in [1.165, 1.54) is 0 Å². The predicted octanol–water partition coefficient (Wildman–Crippen LogP) is 1.15. The highest BCUT2D eigenvalue weighted by molar-refractivity contribution is 5.77. The zero-order valence-electron chi connectivity index (χ0n) is 11.6. The standard InChI is InChI=1S/C13H24N4O/c1-4-14-8-12-9-17(10-16-12)7-5-6-15-13(18)11(2)3/h9-11,14H,4-8H2,1-3H3,(H,15,18). The Morgan fingerprint density at radius 2 is 2.28 bits per heavy atom. The van der Waals surface area contributed by atoms with E-state index in [0.717, 1.165) is 38.3 Å². The van der Waals surface area contributed by atoms with Crippen molar-refractivity contribution in [1.82, 2.24) is 20.2 Å². The van der Waals surface area contributed by atoms with E-state index in [1.807, 2.05) is 26.4 Å². The van der Waals surface area contributed by atoms with Gasteiger partial charge in [-0.25, -0.2) is 4.98 Å². The van der Waals surface area contributed by atoms with Crippen LogP contribution in [-0.4, -0.2) is 28.5 Å². The molecule has 1 heterocycles. The zero-order chi connectivity index (χ0) is 13.4. The van der Waals surface area contributed by atoms with Gasteiger partial charge in [-0.2, -0.15) is 0 Å². The van der Waals surface area contributed by atoms with Gasteiger partial charge >= 0.3 is 0 Å². The molecule has 0 atom stereocenters. The van der Waals surface area contributed by atoms with Crippen molar-refractivity contribution in [1.29, 1.82) is 0 Å². The molecule has 0 unspecified atom stereocenters. The van der Waals surface area contributed by atoms with Crippen molar-refractivity contribution in [3.05, 3.63) is 18.2 Å². The maximum atomic E-state index is 11.3. The average Bonchev–Trinajstić information content (AvgIpc) is 2.79. The van der Waals surface area contributed by atoms with Crippen LogP contribution in [0.15, 0.2) is 12.5 Å². The minimum atomic E-state index is 0.0602. The van der Waals surface area contributed by atoms with Gasteiger partial charge in [-0.15, -0.1) is 0 Å². The van der Waals surface area contributed by atoms with Crippen LogP contribution in [0.4, 0.5) is 0 Å². The molecular weight excluding hydrogens is 228 g/mol. The molecule has 0 aromatic carbocycles. The van der Waals surface area contributed by atoms with E-state index in [9.17, 15) is 4.79 Å². The zero-order valence-corrected chi connectivity index (χ0v) is 11.6. The fourth-order valence-corrected chi connectivity index (χ4v) is 1.55. The van der Waals surface area contributed by atoms with Gasteiger partial charge in [0.15, 0.2) is 0 Å². The van der Waals surface area contributed by atoms with Crippen molar-refractivity contribution in [2.45, 2.75) is 40.3 Å². The summed E-state index contributed by atoms with van der Waals surface area (Å²) in [5.41, 5.74) is 1.06. The largest absolute Gasteiger partial charge is 0.356 e. The van der Waals surface area contributed by atoms with Gasteiger partial charge in [0.05, 0.1) is 12.0 Å². The first-order chi connectivity index (χ1) is 8.63. The van der Waals surface area contributed by atoms with Crippen molar-refractivity contribution in [2.75, 3.05) is 13.1 Å². The highest BCUT2D eigenvalue weighted by Gasteiger charge is 2.04. The minimum Gasteiger partial charge on any atom is -0.356 e. The van der Waals surface area contributed by atoms with E-state index in [0.29, 0.717) is 0 Å². The van der Waals surface area contributed by atoms with Crippen molar-refractivity contribution in [2.24, 2.45) is 5.92 Å².